The zero-order chi connectivity index (χ0) is 15.2. The maximum atomic E-state index is 5.90. The molecular formula is C14H24ClN5O. The highest BCUT2D eigenvalue weighted by molar-refractivity contribution is 6.28. The summed E-state index contributed by atoms with van der Waals surface area (Å²) in [5, 5.41) is 3.37. The molecule has 0 amide bonds. The molecule has 0 saturated carbocycles. The van der Waals surface area contributed by atoms with E-state index in [0.717, 1.165) is 13.1 Å². The molecular weight excluding hydrogens is 290 g/mol. The summed E-state index contributed by atoms with van der Waals surface area (Å²) in [5.41, 5.74) is 0. The van der Waals surface area contributed by atoms with Gasteiger partial charge in [-0.05, 0) is 57.3 Å². The standard InChI is InChI=1S/C14H24ClN5O/c1-10(2)21-14-18-12(15)17-13(19-14)16-8-11(3)9-20-6-4-5-7-20/h10-11H,4-9H2,1-3H3,(H,16,17,18,19). The van der Waals surface area contributed by atoms with Crippen molar-refractivity contribution in [2.75, 3.05) is 31.5 Å². The number of hydrogen-bond acceptors (Lipinski definition) is 6. The number of likely N-dealkylation sites (tertiary alicyclic amines) is 1. The lowest BCUT2D eigenvalue weighted by molar-refractivity contribution is 0.222. The van der Waals surface area contributed by atoms with Gasteiger partial charge in [0.05, 0.1) is 6.10 Å². The molecule has 6 nitrogen and oxygen atoms in total. The van der Waals surface area contributed by atoms with Crippen molar-refractivity contribution in [2.45, 2.75) is 39.7 Å². The second-order valence-corrected chi connectivity index (χ2v) is 6.21. The van der Waals surface area contributed by atoms with Crippen LogP contribution < -0.4 is 10.1 Å². The number of rotatable bonds is 7. The van der Waals surface area contributed by atoms with Crippen molar-refractivity contribution in [3.63, 3.8) is 0 Å². The van der Waals surface area contributed by atoms with Crippen LogP contribution in [-0.4, -0.2) is 52.1 Å². The van der Waals surface area contributed by atoms with Gasteiger partial charge in [0.1, 0.15) is 0 Å². The fourth-order valence-electron chi connectivity index (χ4n) is 2.41. The van der Waals surface area contributed by atoms with E-state index in [-0.39, 0.29) is 17.4 Å². The van der Waals surface area contributed by atoms with E-state index in [0.29, 0.717) is 11.9 Å². The number of ether oxygens (including phenoxy) is 1. The van der Waals surface area contributed by atoms with Gasteiger partial charge in [0.15, 0.2) is 0 Å². The summed E-state index contributed by atoms with van der Waals surface area (Å²) in [4.78, 5) is 14.8. The third kappa shape index (κ3) is 5.63. The summed E-state index contributed by atoms with van der Waals surface area (Å²) in [6.07, 6.45) is 2.64. The molecule has 1 fully saturated rings. The number of aromatic nitrogens is 3. The highest BCUT2D eigenvalue weighted by atomic mass is 35.5. The number of halogens is 1. The van der Waals surface area contributed by atoms with Crippen molar-refractivity contribution in [2.24, 2.45) is 5.92 Å². The van der Waals surface area contributed by atoms with Gasteiger partial charge in [-0.15, -0.1) is 0 Å². The topological polar surface area (TPSA) is 63.2 Å². The van der Waals surface area contributed by atoms with E-state index >= 15 is 0 Å². The molecule has 0 spiro atoms. The van der Waals surface area contributed by atoms with Crippen LogP contribution in [-0.2, 0) is 0 Å². The molecule has 0 aromatic carbocycles. The van der Waals surface area contributed by atoms with Crippen molar-refractivity contribution in [1.82, 2.24) is 19.9 Å². The third-order valence-electron chi connectivity index (χ3n) is 3.31. The second-order valence-electron chi connectivity index (χ2n) is 5.87. The first-order valence-electron chi connectivity index (χ1n) is 7.57. The predicted octanol–water partition coefficient (Wildman–Crippen LogP) is 2.46. The SMILES string of the molecule is CC(CNc1nc(Cl)nc(OC(C)C)n1)CN1CCCC1. The molecule has 1 aliphatic heterocycles. The first-order chi connectivity index (χ1) is 10.0. The molecule has 1 atom stereocenters. The highest BCUT2D eigenvalue weighted by Gasteiger charge is 2.15. The van der Waals surface area contributed by atoms with Crippen LogP contribution in [0.15, 0.2) is 0 Å². The predicted molar refractivity (Wildman–Crippen MR) is 83.9 cm³/mol. The summed E-state index contributed by atoms with van der Waals surface area (Å²) in [6, 6.07) is 0.264. The van der Waals surface area contributed by atoms with Crippen LogP contribution in [0.2, 0.25) is 5.28 Å². The van der Waals surface area contributed by atoms with Crippen LogP contribution in [0.25, 0.3) is 0 Å². The van der Waals surface area contributed by atoms with Gasteiger partial charge in [0.25, 0.3) is 0 Å². The molecule has 7 heteroatoms. The molecule has 1 unspecified atom stereocenters. The molecule has 1 saturated heterocycles. The van der Waals surface area contributed by atoms with Crippen molar-refractivity contribution in [1.29, 1.82) is 0 Å². The van der Waals surface area contributed by atoms with Gasteiger partial charge >= 0.3 is 6.01 Å². The molecule has 1 aromatic rings. The Morgan fingerprint density at radius 3 is 2.57 bits per heavy atom. The van der Waals surface area contributed by atoms with Gasteiger partial charge in [0.2, 0.25) is 11.2 Å². The van der Waals surface area contributed by atoms with Crippen LogP contribution in [0.5, 0.6) is 6.01 Å². The van der Waals surface area contributed by atoms with Crippen molar-refractivity contribution in [3.8, 4) is 6.01 Å². The first-order valence-corrected chi connectivity index (χ1v) is 7.95. The minimum atomic E-state index is 0.00501. The van der Waals surface area contributed by atoms with Crippen LogP contribution in [0.4, 0.5) is 5.95 Å². The van der Waals surface area contributed by atoms with Crippen molar-refractivity contribution < 1.29 is 4.74 Å². The lowest BCUT2D eigenvalue weighted by Crippen LogP contribution is -2.29. The minimum Gasteiger partial charge on any atom is -0.461 e. The molecule has 1 aromatic heterocycles. The number of nitrogens with one attached hydrogen (secondary N) is 1. The Hall–Kier alpha value is -1.14. The molecule has 0 aliphatic carbocycles. The second kappa shape index (κ2) is 7.75. The van der Waals surface area contributed by atoms with Crippen molar-refractivity contribution in [3.05, 3.63) is 5.28 Å². The first kappa shape index (κ1) is 16.2. The molecule has 0 bridgehead atoms. The number of nitrogens with zero attached hydrogens (tertiary/aromatic N) is 4. The summed E-state index contributed by atoms with van der Waals surface area (Å²) >= 11 is 5.90. The maximum Gasteiger partial charge on any atom is 0.322 e. The average molecular weight is 314 g/mol. The van der Waals surface area contributed by atoms with Gasteiger partial charge in [-0.2, -0.15) is 15.0 Å². The zero-order valence-electron chi connectivity index (χ0n) is 13.0. The molecule has 118 valence electrons. The van der Waals surface area contributed by atoms with E-state index in [1.807, 2.05) is 13.8 Å². The van der Waals surface area contributed by atoms with E-state index in [1.165, 1.54) is 25.9 Å². The number of anilines is 1. The Balaban J connectivity index is 1.85. The normalized spacial score (nSPS) is 17.2. The van der Waals surface area contributed by atoms with Gasteiger partial charge < -0.3 is 15.0 Å². The Bertz CT molecular complexity index is 451. The summed E-state index contributed by atoms with van der Waals surface area (Å²) < 4.78 is 5.46. The van der Waals surface area contributed by atoms with E-state index < -0.39 is 0 Å². The van der Waals surface area contributed by atoms with Crippen LogP contribution in [0.3, 0.4) is 0 Å². The van der Waals surface area contributed by atoms with Crippen LogP contribution in [0.1, 0.15) is 33.6 Å². The molecule has 21 heavy (non-hydrogen) atoms. The zero-order valence-corrected chi connectivity index (χ0v) is 13.7. The maximum absolute atomic E-state index is 5.90. The monoisotopic (exact) mass is 313 g/mol. The molecule has 1 aliphatic rings. The lowest BCUT2D eigenvalue weighted by atomic mass is 10.1. The lowest BCUT2D eigenvalue weighted by Gasteiger charge is -2.20. The van der Waals surface area contributed by atoms with E-state index in [4.69, 9.17) is 16.3 Å². The molecule has 1 N–H and O–H groups in total. The molecule has 2 heterocycles. The van der Waals surface area contributed by atoms with Crippen molar-refractivity contribution >= 4 is 17.5 Å². The smallest absolute Gasteiger partial charge is 0.322 e. The van der Waals surface area contributed by atoms with E-state index in [9.17, 15) is 0 Å². The fraction of sp³-hybridized carbons (Fsp3) is 0.786. The summed E-state index contributed by atoms with van der Waals surface area (Å²) in [6.45, 7) is 10.4. The quantitative estimate of drug-likeness (QED) is 0.834. The van der Waals surface area contributed by atoms with E-state index in [1.54, 1.807) is 0 Å². The minimum absolute atomic E-state index is 0.00501. The summed E-state index contributed by atoms with van der Waals surface area (Å²) in [5.74, 6) is 0.993. The van der Waals surface area contributed by atoms with E-state index in [2.05, 4.69) is 32.1 Å². The Kier molecular flexibility index (Phi) is 5.99. The third-order valence-corrected chi connectivity index (χ3v) is 3.47. The van der Waals surface area contributed by atoms with Crippen LogP contribution >= 0.6 is 11.6 Å². The Morgan fingerprint density at radius 2 is 1.90 bits per heavy atom. The largest absolute Gasteiger partial charge is 0.461 e. The van der Waals surface area contributed by atoms with Crippen LogP contribution in [0, 0.1) is 5.92 Å². The highest BCUT2D eigenvalue weighted by Crippen LogP contribution is 2.14. The van der Waals surface area contributed by atoms with Gasteiger partial charge in [-0.25, -0.2) is 0 Å². The van der Waals surface area contributed by atoms with Gasteiger partial charge in [-0.3, -0.25) is 0 Å². The summed E-state index contributed by atoms with van der Waals surface area (Å²) in [7, 11) is 0. The Labute approximate surface area is 131 Å². The number of hydrogen-bond donors (Lipinski definition) is 1. The molecule has 0 radical (unpaired) electrons. The molecule has 2 rings (SSSR count). The average Bonchev–Trinajstić information content (AvgIpc) is 2.87. The van der Waals surface area contributed by atoms with Gasteiger partial charge in [0, 0.05) is 13.1 Å². The Morgan fingerprint density at radius 1 is 1.19 bits per heavy atom. The fourth-order valence-corrected chi connectivity index (χ4v) is 2.56. The van der Waals surface area contributed by atoms with Gasteiger partial charge in [-0.1, -0.05) is 6.92 Å².